The summed E-state index contributed by atoms with van der Waals surface area (Å²) in [6, 6.07) is 4.12. The smallest absolute Gasteiger partial charge is 0.303 e. The first-order valence-electron chi connectivity index (χ1n) is 6.40. The zero-order valence-electron chi connectivity index (χ0n) is 10.3. The predicted molar refractivity (Wildman–Crippen MR) is 67.9 cm³/mol. The van der Waals surface area contributed by atoms with Crippen LogP contribution in [0.25, 0.3) is 0 Å². The van der Waals surface area contributed by atoms with Crippen molar-refractivity contribution in [3.05, 3.63) is 30.1 Å². The van der Waals surface area contributed by atoms with Gasteiger partial charge in [-0.2, -0.15) is 0 Å². The highest BCUT2D eigenvalue weighted by Crippen LogP contribution is 2.10. The molecule has 1 aromatic heterocycles. The Hall–Kier alpha value is -1.38. The number of carboxylic acids is 1. The zero-order valence-corrected chi connectivity index (χ0v) is 10.3. The number of unbranched alkanes of at least 4 members (excludes halogenated alkanes) is 5. The Labute approximate surface area is 103 Å². The summed E-state index contributed by atoms with van der Waals surface area (Å²) in [6.45, 7) is 0. The van der Waals surface area contributed by atoms with Gasteiger partial charge >= 0.3 is 5.97 Å². The molecule has 0 aliphatic rings. The maximum Gasteiger partial charge on any atom is 0.303 e. The number of hydrogen-bond donors (Lipinski definition) is 1. The molecule has 3 nitrogen and oxygen atoms in total. The molecule has 0 aliphatic carbocycles. The maximum absolute atomic E-state index is 10.3. The van der Waals surface area contributed by atoms with E-state index < -0.39 is 5.97 Å². The number of aryl methyl sites for hydroxylation is 1. The van der Waals surface area contributed by atoms with Crippen molar-refractivity contribution in [2.75, 3.05) is 0 Å². The number of carbonyl (C=O) groups is 1. The van der Waals surface area contributed by atoms with E-state index >= 15 is 0 Å². The summed E-state index contributed by atoms with van der Waals surface area (Å²) in [5, 5.41) is 8.48. The van der Waals surface area contributed by atoms with Gasteiger partial charge in [-0.3, -0.25) is 9.78 Å². The fourth-order valence-corrected chi connectivity index (χ4v) is 1.86. The summed E-state index contributed by atoms with van der Waals surface area (Å²) < 4.78 is 0. The fraction of sp³-hybridized carbons (Fsp3) is 0.571. The van der Waals surface area contributed by atoms with Gasteiger partial charge in [0.25, 0.3) is 0 Å². The summed E-state index contributed by atoms with van der Waals surface area (Å²) in [7, 11) is 0. The van der Waals surface area contributed by atoms with Gasteiger partial charge in [0.05, 0.1) is 0 Å². The van der Waals surface area contributed by atoms with Crippen molar-refractivity contribution in [1.29, 1.82) is 0 Å². The molecule has 1 heterocycles. The van der Waals surface area contributed by atoms with Crippen LogP contribution in [-0.4, -0.2) is 16.1 Å². The number of nitrogens with zero attached hydrogens (tertiary/aromatic N) is 1. The van der Waals surface area contributed by atoms with Crippen molar-refractivity contribution in [3.8, 4) is 0 Å². The van der Waals surface area contributed by atoms with Crippen LogP contribution in [0, 0.1) is 0 Å². The molecule has 1 N–H and O–H groups in total. The molecule has 0 aromatic carbocycles. The van der Waals surface area contributed by atoms with Gasteiger partial charge in [0.2, 0.25) is 0 Å². The number of rotatable bonds is 9. The van der Waals surface area contributed by atoms with Crippen LogP contribution in [0.4, 0.5) is 0 Å². The van der Waals surface area contributed by atoms with Crippen LogP contribution < -0.4 is 0 Å². The Bertz CT molecular complexity index is 311. The lowest BCUT2D eigenvalue weighted by Gasteiger charge is -2.01. The number of aromatic nitrogens is 1. The highest BCUT2D eigenvalue weighted by Gasteiger charge is 1.97. The Morgan fingerprint density at radius 3 is 2.24 bits per heavy atom. The van der Waals surface area contributed by atoms with Crippen molar-refractivity contribution in [2.24, 2.45) is 0 Å². The van der Waals surface area contributed by atoms with Crippen molar-refractivity contribution in [3.63, 3.8) is 0 Å². The molecule has 0 saturated carbocycles. The van der Waals surface area contributed by atoms with Crippen LogP contribution >= 0.6 is 0 Å². The summed E-state index contributed by atoms with van der Waals surface area (Å²) in [4.78, 5) is 14.3. The number of hydrogen-bond acceptors (Lipinski definition) is 2. The van der Waals surface area contributed by atoms with E-state index in [0.717, 1.165) is 25.7 Å². The lowest BCUT2D eigenvalue weighted by Crippen LogP contribution is -1.93. The second-order valence-corrected chi connectivity index (χ2v) is 4.37. The first-order valence-corrected chi connectivity index (χ1v) is 6.40. The highest BCUT2D eigenvalue weighted by molar-refractivity contribution is 5.66. The zero-order chi connectivity index (χ0) is 12.3. The van der Waals surface area contributed by atoms with Crippen LogP contribution in [0.1, 0.15) is 50.5 Å². The molecule has 3 heteroatoms. The second kappa shape index (κ2) is 8.74. The molecule has 0 spiro atoms. The second-order valence-electron chi connectivity index (χ2n) is 4.37. The minimum absolute atomic E-state index is 0.316. The quantitative estimate of drug-likeness (QED) is 0.667. The topological polar surface area (TPSA) is 50.2 Å². The van der Waals surface area contributed by atoms with Crippen LogP contribution in [0.5, 0.6) is 0 Å². The van der Waals surface area contributed by atoms with E-state index in [1.54, 1.807) is 0 Å². The van der Waals surface area contributed by atoms with Gasteiger partial charge < -0.3 is 5.11 Å². The molecule has 0 aliphatic heterocycles. The van der Waals surface area contributed by atoms with E-state index in [4.69, 9.17) is 5.11 Å². The lowest BCUT2D eigenvalue weighted by molar-refractivity contribution is -0.137. The highest BCUT2D eigenvalue weighted by atomic mass is 16.4. The normalized spacial score (nSPS) is 10.4. The third-order valence-electron chi connectivity index (χ3n) is 2.86. The monoisotopic (exact) mass is 235 g/mol. The molecule has 0 amide bonds. The van der Waals surface area contributed by atoms with Gasteiger partial charge in [-0.15, -0.1) is 0 Å². The standard InChI is InChI=1S/C14H21NO2/c16-14(17)8-6-4-2-1-3-5-7-13-9-11-15-12-10-13/h9-12H,1-8H2,(H,16,17). The first kappa shape index (κ1) is 13.7. The van der Waals surface area contributed by atoms with Crippen molar-refractivity contribution in [1.82, 2.24) is 4.98 Å². The SMILES string of the molecule is O=C(O)CCCCCCCCc1ccncc1. The largest absolute Gasteiger partial charge is 0.481 e. The van der Waals surface area contributed by atoms with Crippen LogP contribution in [-0.2, 0) is 11.2 Å². The maximum atomic E-state index is 10.3. The molecular weight excluding hydrogens is 214 g/mol. The molecule has 0 atom stereocenters. The molecule has 0 saturated heterocycles. The van der Waals surface area contributed by atoms with E-state index in [1.807, 2.05) is 12.4 Å². The van der Waals surface area contributed by atoms with Gasteiger partial charge in [0.15, 0.2) is 0 Å². The molecule has 1 rings (SSSR count). The van der Waals surface area contributed by atoms with Crippen LogP contribution in [0.2, 0.25) is 0 Å². The molecule has 17 heavy (non-hydrogen) atoms. The first-order chi connectivity index (χ1) is 8.29. The molecule has 0 radical (unpaired) electrons. The van der Waals surface area contributed by atoms with Crippen molar-refractivity contribution in [2.45, 2.75) is 51.4 Å². The number of carboxylic acid groups (broad SMARTS) is 1. The number of aliphatic carboxylic acids is 1. The summed E-state index contributed by atoms with van der Waals surface area (Å²) in [5.41, 5.74) is 1.35. The van der Waals surface area contributed by atoms with Gasteiger partial charge in [0.1, 0.15) is 0 Å². The molecule has 1 aromatic rings. The molecule has 94 valence electrons. The molecule has 0 unspecified atom stereocenters. The summed E-state index contributed by atoms with van der Waals surface area (Å²) >= 11 is 0. The Balaban J connectivity index is 1.90. The third kappa shape index (κ3) is 7.50. The minimum Gasteiger partial charge on any atom is -0.481 e. The minimum atomic E-state index is -0.678. The van der Waals surface area contributed by atoms with Crippen LogP contribution in [0.15, 0.2) is 24.5 Å². The Kier molecular flexibility index (Phi) is 7.03. The molecular formula is C14H21NO2. The van der Waals surface area contributed by atoms with Gasteiger partial charge in [-0.1, -0.05) is 25.7 Å². The van der Waals surface area contributed by atoms with E-state index in [2.05, 4.69) is 17.1 Å². The third-order valence-corrected chi connectivity index (χ3v) is 2.86. The lowest BCUT2D eigenvalue weighted by atomic mass is 10.1. The Morgan fingerprint density at radius 1 is 1.00 bits per heavy atom. The van der Waals surface area contributed by atoms with Crippen LogP contribution in [0.3, 0.4) is 0 Å². The Morgan fingerprint density at radius 2 is 1.59 bits per heavy atom. The van der Waals surface area contributed by atoms with Crippen molar-refractivity contribution < 1.29 is 9.90 Å². The van der Waals surface area contributed by atoms with E-state index in [1.165, 1.54) is 24.8 Å². The summed E-state index contributed by atoms with van der Waals surface area (Å²) in [5.74, 6) is -0.678. The van der Waals surface area contributed by atoms with Crippen molar-refractivity contribution >= 4 is 5.97 Å². The average molecular weight is 235 g/mol. The van der Waals surface area contributed by atoms with Gasteiger partial charge in [-0.25, -0.2) is 0 Å². The van der Waals surface area contributed by atoms with Gasteiger partial charge in [-0.05, 0) is 37.0 Å². The average Bonchev–Trinajstić information content (AvgIpc) is 2.33. The molecule has 0 fully saturated rings. The summed E-state index contributed by atoms with van der Waals surface area (Å²) in [6.07, 6.45) is 11.8. The predicted octanol–water partition coefficient (Wildman–Crippen LogP) is 3.44. The van der Waals surface area contributed by atoms with E-state index in [9.17, 15) is 4.79 Å². The fourth-order valence-electron chi connectivity index (χ4n) is 1.86. The van der Waals surface area contributed by atoms with E-state index in [0.29, 0.717) is 6.42 Å². The van der Waals surface area contributed by atoms with Gasteiger partial charge in [0, 0.05) is 18.8 Å². The number of pyridine rings is 1. The molecule has 0 bridgehead atoms. The van der Waals surface area contributed by atoms with E-state index in [-0.39, 0.29) is 0 Å².